The van der Waals surface area contributed by atoms with Gasteiger partial charge in [-0.3, -0.25) is 9.78 Å². The summed E-state index contributed by atoms with van der Waals surface area (Å²) < 4.78 is 13.1. The van der Waals surface area contributed by atoms with E-state index >= 15 is 0 Å². The van der Waals surface area contributed by atoms with Gasteiger partial charge in [0.1, 0.15) is 17.3 Å². The van der Waals surface area contributed by atoms with E-state index in [2.05, 4.69) is 14.9 Å². The number of nitrogens with one attached hydrogen (secondary N) is 1. The predicted molar refractivity (Wildman–Crippen MR) is 118 cm³/mol. The lowest BCUT2D eigenvalue weighted by Crippen LogP contribution is -2.25. The second-order valence-electron chi connectivity index (χ2n) is 6.97. The van der Waals surface area contributed by atoms with Gasteiger partial charge in [0.15, 0.2) is 0 Å². The molecule has 0 radical (unpaired) electrons. The first-order valence-corrected chi connectivity index (χ1v) is 10.1. The molecule has 2 aromatic heterocycles. The molecule has 0 aliphatic rings. The summed E-state index contributed by atoms with van der Waals surface area (Å²) in [4.78, 5) is 21.1. The van der Waals surface area contributed by atoms with Gasteiger partial charge in [-0.2, -0.15) is 0 Å². The second-order valence-corrected chi connectivity index (χ2v) is 6.97. The SMILES string of the molecule is COc1ccc(OCCCn2c(CNC(=O)c3cccnc3)nc3ccccc32)cc1. The van der Waals surface area contributed by atoms with Gasteiger partial charge >= 0.3 is 0 Å². The van der Waals surface area contributed by atoms with Crippen molar-refractivity contribution in [3.8, 4) is 11.5 Å². The van der Waals surface area contributed by atoms with E-state index in [0.29, 0.717) is 18.7 Å². The molecule has 2 heterocycles. The molecule has 0 aliphatic carbocycles. The van der Waals surface area contributed by atoms with Crippen molar-refractivity contribution in [2.45, 2.75) is 19.5 Å². The summed E-state index contributed by atoms with van der Waals surface area (Å²) >= 11 is 0. The third-order valence-corrected chi connectivity index (χ3v) is 4.92. The monoisotopic (exact) mass is 416 g/mol. The van der Waals surface area contributed by atoms with E-state index in [1.54, 1.807) is 31.6 Å². The Labute approximate surface area is 180 Å². The number of hydrogen-bond donors (Lipinski definition) is 1. The van der Waals surface area contributed by atoms with E-state index in [1.165, 1.54) is 0 Å². The summed E-state index contributed by atoms with van der Waals surface area (Å²) in [6.07, 6.45) is 4.00. The van der Waals surface area contributed by atoms with Gasteiger partial charge < -0.3 is 19.4 Å². The predicted octanol–water partition coefficient (Wildman–Crippen LogP) is 3.84. The molecule has 4 aromatic rings. The van der Waals surface area contributed by atoms with E-state index in [9.17, 15) is 4.79 Å². The molecule has 0 fully saturated rings. The molecule has 0 unspecified atom stereocenters. The normalized spacial score (nSPS) is 10.7. The zero-order chi connectivity index (χ0) is 21.5. The molecule has 7 nitrogen and oxygen atoms in total. The van der Waals surface area contributed by atoms with Crippen LogP contribution in [-0.2, 0) is 13.1 Å². The Bertz CT molecular complexity index is 1140. The summed E-state index contributed by atoms with van der Waals surface area (Å²) in [5, 5.41) is 2.94. The Balaban J connectivity index is 1.40. The van der Waals surface area contributed by atoms with Gasteiger partial charge in [-0.15, -0.1) is 0 Å². The van der Waals surface area contributed by atoms with Gasteiger partial charge in [-0.05, 0) is 55.0 Å². The first-order chi connectivity index (χ1) is 15.2. The average Bonchev–Trinajstić information content (AvgIpc) is 3.18. The van der Waals surface area contributed by atoms with Crippen molar-refractivity contribution in [3.63, 3.8) is 0 Å². The fourth-order valence-electron chi connectivity index (χ4n) is 3.35. The minimum absolute atomic E-state index is 0.172. The smallest absolute Gasteiger partial charge is 0.253 e. The molecular formula is C24H24N4O3. The fraction of sp³-hybridized carbons (Fsp3) is 0.208. The largest absolute Gasteiger partial charge is 0.497 e. The highest BCUT2D eigenvalue weighted by molar-refractivity contribution is 5.93. The number of hydrogen-bond acceptors (Lipinski definition) is 5. The maximum absolute atomic E-state index is 12.4. The first kappa shape index (κ1) is 20.4. The number of pyridine rings is 1. The molecule has 31 heavy (non-hydrogen) atoms. The number of aromatic nitrogens is 3. The molecule has 0 aliphatic heterocycles. The van der Waals surface area contributed by atoms with Crippen LogP contribution >= 0.6 is 0 Å². The van der Waals surface area contributed by atoms with Crippen molar-refractivity contribution in [3.05, 3.63) is 84.4 Å². The summed E-state index contributed by atoms with van der Waals surface area (Å²) in [6, 6.07) is 19.0. The zero-order valence-electron chi connectivity index (χ0n) is 17.3. The molecule has 7 heteroatoms. The second kappa shape index (κ2) is 9.75. The van der Waals surface area contributed by atoms with Crippen LogP contribution in [0.3, 0.4) is 0 Å². The van der Waals surface area contributed by atoms with E-state index in [-0.39, 0.29) is 5.91 Å². The quantitative estimate of drug-likeness (QED) is 0.420. The minimum Gasteiger partial charge on any atom is -0.497 e. The zero-order valence-corrected chi connectivity index (χ0v) is 17.3. The van der Waals surface area contributed by atoms with Crippen LogP contribution in [0.25, 0.3) is 11.0 Å². The Morgan fingerprint density at radius 3 is 2.61 bits per heavy atom. The highest BCUT2D eigenvalue weighted by Gasteiger charge is 2.12. The molecule has 0 spiro atoms. The Morgan fingerprint density at radius 1 is 1.03 bits per heavy atom. The van der Waals surface area contributed by atoms with Crippen LogP contribution in [-0.4, -0.2) is 34.2 Å². The van der Waals surface area contributed by atoms with Gasteiger partial charge in [0, 0.05) is 18.9 Å². The topological polar surface area (TPSA) is 78.3 Å². The number of para-hydroxylation sites is 2. The number of methoxy groups -OCH3 is 1. The summed E-state index contributed by atoms with van der Waals surface area (Å²) in [7, 11) is 1.64. The van der Waals surface area contributed by atoms with Crippen molar-refractivity contribution >= 4 is 16.9 Å². The Kier molecular flexibility index (Phi) is 6.42. The van der Waals surface area contributed by atoms with Gasteiger partial charge in [0.25, 0.3) is 5.91 Å². The molecule has 2 aromatic carbocycles. The van der Waals surface area contributed by atoms with Gasteiger partial charge in [-0.25, -0.2) is 4.98 Å². The number of rotatable bonds is 9. The lowest BCUT2D eigenvalue weighted by molar-refractivity contribution is 0.0949. The summed E-state index contributed by atoms with van der Waals surface area (Å²) in [6.45, 7) is 1.64. The average molecular weight is 416 g/mol. The lowest BCUT2D eigenvalue weighted by Gasteiger charge is -2.11. The summed E-state index contributed by atoms with van der Waals surface area (Å²) in [5.41, 5.74) is 2.47. The van der Waals surface area contributed by atoms with Crippen LogP contribution in [0.4, 0.5) is 0 Å². The molecule has 4 rings (SSSR count). The Hall–Kier alpha value is -3.87. The van der Waals surface area contributed by atoms with Crippen LogP contribution < -0.4 is 14.8 Å². The highest BCUT2D eigenvalue weighted by Crippen LogP contribution is 2.19. The number of carbonyl (C=O) groups excluding carboxylic acids is 1. The van der Waals surface area contributed by atoms with Crippen LogP contribution in [0, 0.1) is 0 Å². The van der Waals surface area contributed by atoms with Crippen LogP contribution in [0.1, 0.15) is 22.6 Å². The van der Waals surface area contributed by atoms with Gasteiger partial charge in [-0.1, -0.05) is 12.1 Å². The van der Waals surface area contributed by atoms with E-state index in [0.717, 1.165) is 41.3 Å². The molecule has 0 atom stereocenters. The number of fused-ring (bicyclic) bond motifs is 1. The number of aryl methyl sites for hydroxylation is 1. The van der Waals surface area contributed by atoms with E-state index < -0.39 is 0 Å². The van der Waals surface area contributed by atoms with Crippen molar-refractivity contribution in [2.75, 3.05) is 13.7 Å². The van der Waals surface area contributed by atoms with Gasteiger partial charge in [0.05, 0.1) is 36.9 Å². The molecule has 158 valence electrons. The minimum atomic E-state index is -0.172. The maximum atomic E-state index is 12.4. The van der Waals surface area contributed by atoms with Crippen molar-refractivity contribution in [1.82, 2.24) is 19.9 Å². The molecule has 0 saturated carbocycles. The third kappa shape index (κ3) is 5.01. The number of ether oxygens (including phenoxy) is 2. The standard InChI is InChI=1S/C24H24N4O3/c1-30-19-9-11-20(12-10-19)31-15-5-14-28-22-8-3-2-7-21(22)27-23(28)17-26-24(29)18-6-4-13-25-16-18/h2-4,6-13,16H,5,14-15,17H2,1H3,(H,26,29). The summed E-state index contributed by atoms with van der Waals surface area (Å²) in [5.74, 6) is 2.24. The third-order valence-electron chi connectivity index (χ3n) is 4.92. The molecule has 0 bridgehead atoms. The van der Waals surface area contributed by atoms with Crippen LogP contribution in [0.2, 0.25) is 0 Å². The van der Waals surface area contributed by atoms with Gasteiger partial charge in [0.2, 0.25) is 0 Å². The fourth-order valence-corrected chi connectivity index (χ4v) is 3.35. The number of benzene rings is 2. The molecule has 1 N–H and O–H groups in total. The highest BCUT2D eigenvalue weighted by atomic mass is 16.5. The van der Waals surface area contributed by atoms with Crippen molar-refractivity contribution in [2.24, 2.45) is 0 Å². The number of imidazole rings is 1. The van der Waals surface area contributed by atoms with E-state index in [1.807, 2.05) is 48.5 Å². The van der Waals surface area contributed by atoms with Crippen molar-refractivity contribution in [1.29, 1.82) is 0 Å². The van der Waals surface area contributed by atoms with E-state index in [4.69, 9.17) is 14.5 Å². The number of amides is 1. The molecular weight excluding hydrogens is 392 g/mol. The van der Waals surface area contributed by atoms with Crippen LogP contribution in [0.5, 0.6) is 11.5 Å². The first-order valence-electron chi connectivity index (χ1n) is 10.1. The number of carbonyl (C=O) groups is 1. The molecule has 0 saturated heterocycles. The lowest BCUT2D eigenvalue weighted by atomic mass is 10.3. The maximum Gasteiger partial charge on any atom is 0.253 e. The van der Waals surface area contributed by atoms with Crippen molar-refractivity contribution < 1.29 is 14.3 Å². The molecule has 1 amide bonds. The van der Waals surface area contributed by atoms with Crippen LogP contribution in [0.15, 0.2) is 73.1 Å². The number of nitrogens with zero attached hydrogens (tertiary/aromatic N) is 3. The Morgan fingerprint density at radius 2 is 1.84 bits per heavy atom.